The molecule has 6 nitrogen and oxygen atoms in total. The van der Waals surface area contributed by atoms with Gasteiger partial charge in [-0.15, -0.1) is 0 Å². The smallest absolute Gasteiger partial charge is 0.303 e. The molecule has 136 valence electrons. The van der Waals surface area contributed by atoms with Crippen molar-refractivity contribution in [2.45, 2.75) is 17.7 Å². The van der Waals surface area contributed by atoms with Crippen molar-refractivity contribution in [3.8, 4) is 5.75 Å². The monoisotopic (exact) mass is 393 g/mol. The molecule has 0 aliphatic carbocycles. The molecule has 0 spiro atoms. The maximum absolute atomic E-state index is 13.3. The SMILES string of the molecule is COc1cccc(S(=O)(=O)n2c(CCC(=O)O)cc3cc(Cl)ccc32)c1. The van der Waals surface area contributed by atoms with Crippen LogP contribution in [0.15, 0.2) is 53.4 Å². The zero-order valence-electron chi connectivity index (χ0n) is 13.8. The summed E-state index contributed by atoms with van der Waals surface area (Å²) >= 11 is 6.01. The van der Waals surface area contributed by atoms with Crippen molar-refractivity contribution in [3.63, 3.8) is 0 Å². The third-order valence-electron chi connectivity index (χ3n) is 3.97. The van der Waals surface area contributed by atoms with Gasteiger partial charge in [0.2, 0.25) is 0 Å². The lowest BCUT2D eigenvalue weighted by Crippen LogP contribution is -2.16. The van der Waals surface area contributed by atoms with E-state index in [4.69, 9.17) is 21.4 Å². The van der Waals surface area contributed by atoms with E-state index in [0.29, 0.717) is 27.4 Å². The summed E-state index contributed by atoms with van der Waals surface area (Å²) in [6.45, 7) is 0. The lowest BCUT2D eigenvalue weighted by atomic mass is 10.2. The van der Waals surface area contributed by atoms with Crippen molar-refractivity contribution < 1.29 is 23.1 Å². The minimum Gasteiger partial charge on any atom is -0.497 e. The van der Waals surface area contributed by atoms with Crippen molar-refractivity contribution in [1.29, 1.82) is 0 Å². The Kier molecular flexibility index (Phi) is 4.93. The zero-order chi connectivity index (χ0) is 18.9. The molecular formula is C18H16ClNO5S. The van der Waals surface area contributed by atoms with E-state index >= 15 is 0 Å². The Balaban J connectivity index is 2.23. The summed E-state index contributed by atoms with van der Waals surface area (Å²) in [5, 5.41) is 10.1. The summed E-state index contributed by atoms with van der Waals surface area (Å²) < 4.78 is 32.8. The molecule has 8 heteroatoms. The Bertz CT molecular complexity index is 1090. The van der Waals surface area contributed by atoms with Crippen LogP contribution in [-0.2, 0) is 21.2 Å². The van der Waals surface area contributed by atoms with Crippen LogP contribution in [0.2, 0.25) is 5.02 Å². The molecule has 1 N–H and O–H groups in total. The molecule has 0 radical (unpaired) electrons. The number of carboxylic acids is 1. The molecule has 0 aliphatic rings. The van der Waals surface area contributed by atoms with Crippen LogP contribution in [0, 0.1) is 0 Å². The standard InChI is InChI=1S/C18H16ClNO5S/c1-25-15-3-2-4-16(11-15)26(23,24)20-14(6-8-18(21)22)10-12-9-13(19)5-7-17(12)20/h2-5,7,9-11H,6,8H2,1H3,(H,21,22). The Hall–Kier alpha value is -2.51. The van der Waals surface area contributed by atoms with Crippen LogP contribution in [0.3, 0.4) is 0 Å². The number of benzene rings is 2. The lowest BCUT2D eigenvalue weighted by Gasteiger charge is -2.12. The molecular weight excluding hydrogens is 378 g/mol. The van der Waals surface area contributed by atoms with Gasteiger partial charge in [-0.1, -0.05) is 17.7 Å². The minimum absolute atomic E-state index is 0.0564. The van der Waals surface area contributed by atoms with Crippen LogP contribution in [0.5, 0.6) is 5.75 Å². The first-order chi connectivity index (χ1) is 12.3. The largest absolute Gasteiger partial charge is 0.497 e. The second kappa shape index (κ2) is 7.01. The van der Waals surface area contributed by atoms with Gasteiger partial charge in [0.25, 0.3) is 10.0 Å². The summed E-state index contributed by atoms with van der Waals surface area (Å²) in [5.74, 6) is -0.587. The summed E-state index contributed by atoms with van der Waals surface area (Å²) in [7, 11) is -2.49. The number of carbonyl (C=O) groups is 1. The van der Waals surface area contributed by atoms with Crippen LogP contribution in [0.25, 0.3) is 10.9 Å². The second-order valence-electron chi connectivity index (χ2n) is 5.68. The molecule has 0 bridgehead atoms. The van der Waals surface area contributed by atoms with Gasteiger partial charge in [0.15, 0.2) is 0 Å². The highest BCUT2D eigenvalue weighted by molar-refractivity contribution is 7.90. The van der Waals surface area contributed by atoms with E-state index in [1.54, 1.807) is 36.4 Å². The highest BCUT2D eigenvalue weighted by atomic mass is 35.5. The van der Waals surface area contributed by atoms with Crippen molar-refractivity contribution in [3.05, 3.63) is 59.2 Å². The Morgan fingerprint density at radius 3 is 2.65 bits per heavy atom. The van der Waals surface area contributed by atoms with E-state index in [1.165, 1.54) is 23.2 Å². The number of methoxy groups -OCH3 is 1. The molecule has 0 atom stereocenters. The van der Waals surface area contributed by atoms with Crippen LogP contribution >= 0.6 is 11.6 Å². The van der Waals surface area contributed by atoms with E-state index < -0.39 is 16.0 Å². The summed E-state index contributed by atoms with van der Waals surface area (Å²) in [6.07, 6.45) is -0.109. The van der Waals surface area contributed by atoms with Crippen LogP contribution in [0.1, 0.15) is 12.1 Å². The number of halogens is 1. The quantitative estimate of drug-likeness (QED) is 0.692. The second-order valence-corrected chi connectivity index (χ2v) is 7.90. The maximum Gasteiger partial charge on any atom is 0.303 e. The van der Waals surface area contributed by atoms with E-state index in [0.717, 1.165) is 0 Å². The molecule has 0 aliphatic heterocycles. The summed E-state index contributed by atoms with van der Waals surface area (Å²) in [5.41, 5.74) is 0.824. The van der Waals surface area contributed by atoms with Crippen molar-refractivity contribution >= 4 is 38.5 Å². The Morgan fingerprint density at radius 1 is 1.19 bits per heavy atom. The fraction of sp³-hybridized carbons (Fsp3) is 0.167. The number of ether oxygens (including phenoxy) is 1. The number of aromatic nitrogens is 1. The molecule has 26 heavy (non-hydrogen) atoms. The molecule has 2 aromatic carbocycles. The average molecular weight is 394 g/mol. The molecule has 1 heterocycles. The summed E-state index contributed by atoms with van der Waals surface area (Å²) in [4.78, 5) is 11.0. The van der Waals surface area contributed by atoms with Crippen LogP contribution < -0.4 is 4.74 Å². The lowest BCUT2D eigenvalue weighted by molar-refractivity contribution is -0.136. The maximum atomic E-state index is 13.3. The number of fused-ring (bicyclic) bond motifs is 1. The molecule has 0 amide bonds. The minimum atomic E-state index is -3.95. The number of carboxylic acid groups (broad SMARTS) is 1. The molecule has 3 rings (SSSR count). The first-order valence-corrected chi connectivity index (χ1v) is 9.56. The fourth-order valence-electron chi connectivity index (χ4n) is 2.78. The van der Waals surface area contributed by atoms with Gasteiger partial charge in [-0.3, -0.25) is 4.79 Å². The first kappa shape index (κ1) is 18.3. The van der Waals surface area contributed by atoms with E-state index in [2.05, 4.69) is 0 Å². The summed E-state index contributed by atoms with van der Waals surface area (Å²) in [6, 6.07) is 12.7. The van der Waals surface area contributed by atoms with E-state index in [-0.39, 0.29) is 17.7 Å². The van der Waals surface area contributed by atoms with E-state index in [9.17, 15) is 13.2 Å². The van der Waals surface area contributed by atoms with Gasteiger partial charge in [-0.2, -0.15) is 0 Å². The Morgan fingerprint density at radius 2 is 1.96 bits per heavy atom. The Labute approximate surface area is 155 Å². The third-order valence-corrected chi connectivity index (χ3v) is 5.96. The average Bonchev–Trinajstić information content (AvgIpc) is 2.98. The van der Waals surface area contributed by atoms with Crippen molar-refractivity contribution in [2.75, 3.05) is 7.11 Å². The molecule has 0 unspecified atom stereocenters. The molecule has 0 fully saturated rings. The number of rotatable bonds is 6. The predicted octanol–water partition coefficient (Wildman–Crippen LogP) is 3.56. The first-order valence-electron chi connectivity index (χ1n) is 7.74. The van der Waals surface area contributed by atoms with Crippen molar-refractivity contribution in [2.24, 2.45) is 0 Å². The molecule has 3 aromatic rings. The normalized spacial score (nSPS) is 11.6. The topological polar surface area (TPSA) is 85.6 Å². The van der Waals surface area contributed by atoms with Gasteiger partial charge in [0.1, 0.15) is 5.75 Å². The van der Waals surface area contributed by atoms with Gasteiger partial charge < -0.3 is 9.84 Å². The molecule has 0 saturated carbocycles. The third kappa shape index (κ3) is 3.40. The van der Waals surface area contributed by atoms with Gasteiger partial charge in [-0.05, 0) is 42.8 Å². The highest BCUT2D eigenvalue weighted by Crippen LogP contribution is 2.29. The number of aliphatic carboxylic acids is 1. The van der Waals surface area contributed by atoms with Crippen molar-refractivity contribution in [1.82, 2.24) is 3.97 Å². The van der Waals surface area contributed by atoms with Gasteiger partial charge in [0, 0.05) is 22.2 Å². The number of aryl methyl sites for hydroxylation is 1. The van der Waals surface area contributed by atoms with Gasteiger partial charge >= 0.3 is 5.97 Å². The highest BCUT2D eigenvalue weighted by Gasteiger charge is 2.24. The number of nitrogens with zero attached hydrogens (tertiary/aromatic N) is 1. The number of hydrogen-bond donors (Lipinski definition) is 1. The van der Waals surface area contributed by atoms with E-state index in [1.807, 2.05) is 0 Å². The van der Waals surface area contributed by atoms with Crippen LogP contribution in [0.4, 0.5) is 0 Å². The molecule has 0 saturated heterocycles. The van der Waals surface area contributed by atoms with Gasteiger partial charge in [0.05, 0.1) is 23.9 Å². The zero-order valence-corrected chi connectivity index (χ0v) is 15.4. The predicted molar refractivity (Wildman–Crippen MR) is 98.5 cm³/mol. The fourth-order valence-corrected chi connectivity index (χ4v) is 4.56. The van der Waals surface area contributed by atoms with Gasteiger partial charge in [-0.25, -0.2) is 12.4 Å². The number of hydrogen-bond acceptors (Lipinski definition) is 4. The van der Waals surface area contributed by atoms with Crippen LogP contribution in [-0.4, -0.2) is 30.6 Å². The molecule has 1 aromatic heterocycles.